The van der Waals surface area contributed by atoms with Crippen LogP contribution in [0.1, 0.15) is 23.0 Å². The molecule has 128 valence electrons. The monoisotopic (exact) mass is 352 g/mol. The van der Waals surface area contributed by atoms with Crippen molar-refractivity contribution >= 4 is 17.2 Å². The quantitative estimate of drug-likeness (QED) is 0.657. The number of carbonyl (C=O) groups excluding carboxylic acids is 1. The highest BCUT2D eigenvalue weighted by Gasteiger charge is 2.16. The largest absolute Gasteiger partial charge is 0.494 e. The van der Waals surface area contributed by atoms with Gasteiger partial charge in [0.2, 0.25) is 0 Å². The van der Waals surface area contributed by atoms with Gasteiger partial charge < -0.3 is 9.64 Å². The zero-order valence-electron chi connectivity index (χ0n) is 14.3. The number of nitrogens with zero attached hydrogens (tertiary/aromatic N) is 2. The summed E-state index contributed by atoms with van der Waals surface area (Å²) in [6.07, 6.45) is 0. The lowest BCUT2D eigenvalue weighted by Crippen LogP contribution is -2.26. The van der Waals surface area contributed by atoms with Gasteiger partial charge in [-0.05, 0) is 24.6 Å². The summed E-state index contributed by atoms with van der Waals surface area (Å²) in [4.78, 5) is 18.8. The highest BCUT2D eigenvalue weighted by Crippen LogP contribution is 2.24. The van der Waals surface area contributed by atoms with Crippen molar-refractivity contribution in [1.82, 2.24) is 9.88 Å². The normalized spacial score (nSPS) is 10.5. The van der Waals surface area contributed by atoms with Crippen molar-refractivity contribution in [3.63, 3.8) is 0 Å². The van der Waals surface area contributed by atoms with Crippen LogP contribution in [0.25, 0.3) is 10.6 Å². The molecule has 1 aromatic heterocycles. The second-order valence-corrected chi connectivity index (χ2v) is 6.50. The molecule has 0 fully saturated rings. The third-order valence-corrected chi connectivity index (χ3v) is 4.64. The molecule has 0 aliphatic rings. The summed E-state index contributed by atoms with van der Waals surface area (Å²) < 4.78 is 5.44. The van der Waals surface area contributed by atoms with Crippen molar-refractivity contribution in [2.45, 2.75) is 13.5 Å². The third-order valence-electron chi connectivity index (χ3n) is 3.74. The van der Waals surface area contributed by atoms with Crippen molar-refractivity contribution in [3.8, 4) is 16.3 Å². The van der Waals surface area contributed by atoms with E-state index in [-0.39, 0.29) is 5.91 Å². The summed E-state index contributed by atoms with van der Waals surface area (Å²) in [6, 6.07) is 17.7. The van der Waals surface area contributed by atoms with Crippen molar-refractivity contribution in [1.29, 1.82) is 0 Å². The fourth-order valence-corrected chi connectivity index (χ4v) is 3.28. The molecule has 0 saturated heterocycles. The van der Waals surface area contributed by atoms with Crippen LogP contribution in [0.3, 0.4) is 0 Å². The van der Waals surface area contributed by atoms with E-state index in [4.69, 9.17) is 4.74 Å². The molecule has 0 atom stereocenters. The molecule has 2 aromatic carbocycles. The minimum Gasteiger partial charge on any atom is -0.494 e. The van der Waals surface area contributed by atoms with Gasteiger partial charge in [-0.2, -0.15) is 0 Å². The van der Waals surface area contributed by atoms with E-state index in [1.807, 2.05) is 66.9 Å². The topological polar surface area (TPSA) is 42.4 Å². The van der Waals surface area contributed by atoms with Crippen LogP contribution < -0.4 is 4.74 Å². The number of rotatable bonds is 6. The van der Waals surface area contributed by atoms with Crippen molar-refractivity contribution in [3.05, 3.63) is 71.2 Å². The summed E-state index contributed by atoms with van der Waals surface area (Å²) in [5.41, 5.74) is 2.57. The highest BCUT2D eigenvalue weighted by atomic mass is 32.1. The lowest BCUT2D eigenvalue weighted by atomic mass is 10.2. The number of aromatic nitrogens is 1. The molecule has 25 heavy (non-hydrogen) atoms. The molecule has 3 rings (SSSR count). The Labute approximate surface area is 151 Å². The Bertz CT molecular complexity index is 828. The van der Waals surface area contributed by atoms with Gasteiger partial charge in [-0.25, -0.2) is 4.98 Å². The number of amides is 1. The number of benzene rings is 2. The van der Waals surface area contributed by atoms with Crippen LogP contribution in [0.4, 0.5) is 0 Å². The molecule has 0 N–H and O–H groups in total. The first-order valence-electron chi connectivity index (χ1n) is 8.15. The lowest BCUT2D eigenvalue weighted by molar-refractivity contribution is 0.0780. The van der Waals surface area contributed by atoms with Gasteiger partial charge in [0.1, 0.15) is 16.5 Å². The first-order chi connectivity index (χ1) is 12.2. The van der Waals surface area contributed by atoms with Gasteiger partial charge in [0.05, 0.1) is 6.61 Å². The fraction of sp³-hybridized carbons (Fsp3) is 0.200. The summed E-state index contributed by atoms with van der Waals surface area (Å²) in [7, 11) is 1.79. The predicted molar refractivity (Wildman–Crippen MR) is 101 cm³/mol. The molecule has 0 saturated carbocycles. The van der Waals surface area contributed by atoms with Crippen LogP contribution in [-0.2, 0) is 6.54 Å². The third kappa shape index (κ3) is 4.25. The summed E-state index contributed by atoms with van der Waals surface area (Å²) in [5.74, 6) is 0.763. The molecule has 0 bridgehead atoms. The summed E-state index contributed by atoms with van der Waals surface area (Å²) in [5, 5.41) is 2.68. The Kier molecular flexibility index (Phi) is 5.46. The average Bonchev–Trinajstić information content (AvgIpc) is 3.14. The van der Waals surface area contributed by atoms with Crippen LogP contribution in [0, 0.1) is 0 Å². The molecule has 1 heterocycles. The molecule has 4 nitrogen and oxygen atoms in total. The Morgan fingerprint density at radius 2 is 1.84 bits per heavy atom. The molecular formula is C20H20N2O2S. The lowest BCUT2D eigenvalue weighted by Gasteiger charge is -2.16. The van der Waals surface area contributed by atoms with Gasteiger partial charge in [0, 0.05) is 24.5 Å². The first-order valence-corrected chi connectivity index (χ1v) is 9.03. The van der Waals surface area contributed by atoms with E-state index in [9.17, 15) is 4.79 Å². The highest BCUT2D eigenvalue weighted by molar-refractivity contribution is 7.13. The van der Waals surface area contributed by atoms with Crippen molar-refractivity contribution in [2.75, 3.05) is 13.7 Å². The van der Waals surface area contributed by atoms with Gasteiger partial charge in [-0.15, -0.1) is 11.3 Å². The van der Waals surface area contributed by atoms with Gasteiger partial charge in [0.15, 0.2) is 0 Å². The van der Waals surface area contributed by atoms with Crippen LogP contribution in [0.2, 0.25) is 0 Å². The number of carbonyl (C=O) groups is 1. The average molecular weight is 352 g/mol. The zero-order chi connectivity index (χ0) is 17.6. The van der Waals surface area contributed by atoms with E-state index in [0.717, 1.165) is 21.9 Å². The molecule has 0 radical (unpaired) electrons. The van der Waals surface area contributed by atoms with E-state index >= 15 is 0 Å². The minimum atomic E-state index is -0.0766. The van der Waals surface area contributed by atoms with E-state index in [1.165, 1.54) is 11.3 Å². The maximum Gasteiger partial charge on any atom is 0.273 e. The second-order valence-electron chi connectivity index (χ2n) is 5.64. The van der Waals surface area contributed by atoms with Gasteiger partial charge in [-0.1, -0.05) is 42.5 Å². The second kappa shape index (κ2) is 7.94. The van der Waals surface area contributed by atoms with E-state index < -0.39 is 0 Å². The van der Waals surface area contributed by atoms with E-state index in [0.29, 0.717) is 18.8 Å². The molecule has 0 aliphatic heterocycles. The standard InChI is InChI=1S/C20H20N2O2S/c1-3-24-17-11-9-15(10-12-17)13-22(2)20(23)18-14-25-19(21-18)16-7-5-4-6-8-16/h4-12,14H,3,13H2,1-2H3. The van der Waals surface area contributed by atoms with Gasteiger partial charge >= 0.3 is 0 Å². The van der Waals surface area contributed by atoms with Crippen LogP contribution in [0.5, 0.6) is 5.75 Å². The van der Waals surface area contributed by atoms with Crippen molar-refractivity contribution < 1.29 is 9.53 Å². The van der Waals surface area contributed by atoms with Crippen LogP contribution in [-0.4, -0.2) is 29.4 Å². The zero-order valence-corrected chi connectivity index (χ0v) is 15.1. The first kappa shape index (κ1) is 17.2. The summed E-state index contributed by atoms with van der Waals surface area (Å²) >= 11 is 1.49. The molecule has 1 amide bonds. The van der Waals surface area contributed by atoms with Crippen LogP contribution >= 0.6 is 11.3 Å². The Hall–Kier alpha value is -2.66. The smallest absolute Gasteiger partial charge is 0.273 e. The van der Waals surface area contributed by atoms with E-state index in [2.05, 4.69) is 4.98 Å². The molecule has 0 unspecified atom stereocenters. The van der Waals surface area contributed by atoms with Gasteiger partial charge in [-0.3, -0.25) is 4.79 Å². The van der Waals surface area contributed by atoms with Crippen LogP contribution in [0.15, 0.2) is 60.0 Å². The predicted octanol–water partition coefficient (Wildman–Crippen LogP) is 4.48. The molecular weight excluding hydrogens is 332 g/mol. The Morgan fingerprint density at radius 3 is 2.52 bits per heavy atom. The Morgan fingerprint density at radius 1 is 1.12 bits per heavy atom. The SMILES string of the molecule is CCOc1ccc(CN(C)C(=O)c2csc(-c3ccccc3)n2)cc1. The minimum absolute atomic E-state index is 0.0766. The summed E-state index contributed by atoms with van der Waals surface area (Å²) in [6.45, 7) is 3.13. The van der Waals surface area contributed by atoms with E-state index in [1.54, 1.807) is 11.9 Å². The van der Waals surface area contributed by atoms with Crippen molar-refractivity contribution in [2.24, 2.45) is 0 Å². The molecule has 5 heteroatoms. The fourth-order valence-electron chi connectivity index (χ4n) is 2.48. The maximum atomic E-state index is 12.6. The molecule has 3 aromatic rings. The van der Waals surface area contributed by atoms with Gasteiger partial charge in [0.25, 0.3) is 5.91 Å². The number of thiazole rings is 1. The maximum absolute atomic E-state index is 12.6. The number of hydrogen-bond donors (Lipinski definition) is 0. The molecule has 0 aliphatic carbocycles. The Balaban J connectivity index is 1.67. The number of ether oxygens (including phenoxy) is 1. The number of hydrogen-bond acceptors (Lipinski definition) is 4. The molecule has 0 spiro atoms.